The Hall–Kier alpha value is -1.70. The zero-order chi connectivity index (χ0) is 17.9. The summed E-state index contributed by atoms with van der Waals surface area (Å²) in [5.41, 5.74) is 2.00. The van der Waals surface area contributed by atoms with Gasteiger partial charge in [-0.2, -0.15) is 0 Å². The average Bonchev–Trinajstić information content (AvgIpc) is 2.94. The molecule has 0 atom stereocenters. The highest BCUT2D eigenvalue weighted by atomic mass is 32.2. The number of thiophene rings is 1. The van der Waals surface area contributed by atoms with Gasteiger partial charge < -0.3 is 5.32 Å². The smallest absolute Gasteiger partial charge is 0.261 e. The van der Waals surface area contributed by atoms with E-state index in [9.17, 15) is 13.2 Å². The average molecular weight is 367 g/mol. The molecule has 5 nitrogen and oxygen atoms in total. The second kappa shape index (κ2) is 7.46. The van der Waals surface area contributed by atoms with Crippen molar-refractivity contribution in [3.63, 3.8) is 0 Å². The van der Waals surface area contributed by atoms with E-state index in [1.807, 2.05) is 13.0 Å². The van der Waals surface area contributed by atoms with Crippen molar-refractivity contribution in [2.75, 3.05) is 14.1 Å². The van der Waals surface area contributed by atoms with Crippen molar-refractivity contribution in [3.05, 3.63) is 51.2 Å². The molecule has 1 heterocycles. The largest absolute Gasteiger partial charge is 0.347 e. The maximum atomic E-state index is 12.2. The standard InChI is InChI=1S/C17H22N2O3S2/c1-5-15-12(2)10-16(23-15)17(20)18-11-13-6-8-14(9-7-13)24(21,22)19(3)4/h6-10H,5,11H2,1-4H3,(H,18,20). The topological polar surface area (TPSA) is 66.5 Å². The Labute approximate surface area is 147 Å². The third-order valence-electron chi connectivity index (χ3n) is 3.72. The van der Waals surface area contributed by atoms with Crippen LogP contribution in [-0.2, 0) is 23.0 Å². The number of hydrogen-bond acceptors (Lipinski definition) is 4. The SMILES string of the molecule is CCc1sc(C(=O)NCc2ccc(S(=O)(=O)N(C)C)cc2)cc1C. The summed E-state index contributed by atoms with van der Waals surface area (Å²) in [6.07, 6.45) is 0.922. The first-order valence-electron chi connectivity index (χ1n) is 7.64. The summed E-state index contributed by atoms with van der Waals surface area (Å²) >= 11 is 1.51. The predicted octanol–water partition coefficient (Wildman–Crippen LogP) is 2.80. The molecule has 0 unspecified atom stereocenters. The molecule has 2 aromatic rings. The number of hydrogen-bond donors (Lipinski definition) is 1. The molecule has 0 radical (unpaired) electrons. The molecule has 0 bridgehead atoms. The van der Waals surface area contributed by atoms with E-state index in [4.69, 9.17) is 0 Å². The summed E-state index contributed by atoms with van der Waals surface area (Å²) < 4.78 is 25.2. The molecule has 7 heteroatoms. The van der Waals surface area contributed by atoms with Gasteiger partial charge >= 0.3 is 0 Å². The number of sulfonamides is 1. The number of aryl methyl sites for hydroxylation is 2. The molecular formula is C17H22N2O3S2. The molecule has 0 saturated heterocycles. The van der Waals surface area contributed by atoms with Crippen LogP contribution in [-0.4, -0.2) is 32.7 Å². The number of carbonyl (C=O) groups is 1. The predicted molar refractivity (Wildman–Crippen MR) is 96.9 cm³/mol. The van der Waals surface area contributed by atoms with Crippen LogP contribution in [0.5, 0.6) is 0 Å². The monoisotopic (exact) mass is 366 g/mol. The van der Waals surface area contributed by atoms with Gasteiger partial charge in [0.15, 0.2) is 0 Å². The molecule has 0 aliphatic heterocycles. The van der Waals surface area contributed by atoms with Crippen molar-refractivity contribution in [2.45, 2.75) is 31.7 Å². The fourth-order valence-corrected chi connectivity index (χ4v) is 4.17. The Kier molecular flexibility index (Phi) is 5.79. The Bertz CT molecular complexity index is 822. The van der Waals surface area contributed by atoms with Gasteiger partial charge in [0.05, 0.1) is 9.77 Å². The van der Waals surface area contributed by atoms with Gasteiger partial charge in [0.1, 0.15) is 0 Å². The van der Waals surface area contributed by atoms with Gasteiger partial charge in [-0.1, -0.05) is 19.1 Å². The zero-order valence-electron chi connectivity index (χ0n) is 14.3. The van der Waals surface area contributed by atoms with Crippen LogP contribution < -0.4 is 5.32 Å². The minimum absolute atomic E-state index is 0.104. The quantitative estimate of drug-likeness (QED) is 0.855. The Morgan fingerprint density at radius 2 is 1.83 bits per heavy atom. The lowest BCUT2D eigenvalue weighted by atomic mass is 10.2. The second-order valence-corrected chi connectivity index (χ2v) is 8.97. The molecule has 0 aliphatic rings. The van der Waals surface area contributed by atoms with Crippen LogP contribution in [0.1, 0.15) is 32.6 Å². The third kappa shape index (κ3) is 4.03. The molecule has 1 amide bonds. The number of nitrogens with one attached hydrogen (secondary N) is 1. The minimum Gasteiger partial charge on any atom is -0.347 e. The van der Waals surface area contributed by atoms with Gasteiger partial charge in [-0.3, -0.25) is 4.79 Å². The van der Waals surface area contributed by atoms with Crippen LogP contribution >= 0.6 is 11.3 Å². The van der Waals surface area contributed by atoms with E-state index in [1.54, 1.807) is 24.3 Å². The lowest BCUT2D eigenvalue weighted by molar-refractivity contribution is 0.0955. The highest BCUT2D eigenvalue weighted by Crippen LogP contribution is 2.22. The normalized spacial score (nSPS) is 11.7. The first-order chi connectivity index (χ1) is 11.3. The highest BCUT2D eigenvalue weighted by Gasteiger charge is 2.16. The van der Waals surface area contributed by atoms with E-state index in [2.05, 4.69) is 12.2 Å². The minimum atomic E-state index is -3.43. The van der Waals surface area contributed by atoms with Crippen molar-refractivity contribution >= 4 is 27.3 Å². The van der Waals surface area contributed by atoms with Gasteiger partial charge in [0.25, 0.3) is 5.91 Å². The lowest BCUT2D eigenvalue weighted by Crippen LogP contribution is -2.23. The Morgan fingerprint density at radius 3 is 2.33 bits per heavy atom. The summed E-state index contributed by atoms with van der Waals surface area (Å²) in [5, 5.41) is 2.87. The number of nitrogens with zero attached hydrogens (tertiary/aromatic N) is 1. The molecular weight excluding hydrogens is 344 g/mol. The van der Waals surface area contributed by atoms with E-state index in [0.29, 0.717) is 11.4 Å². The summed E-state index contributed by atoms with van der Waals surface area (Å²) in [7, 11) is -0.431. The summed E-state index contributed by atoms with van der Waals surface area (Å²) in [4.78, 5) is 14.4. The maximum Gasteiger partial charge on any atom is 0.261 e. The van der Waals surface area contributed by atoms with E-state index in [1.165, 1.54) is 34.6 Å². The third-order valence-corrected chi connectivity index (χ3v) is 6.93. The number of rotatable bonds is 6. The second-order valence-electron chi connectivity index (χ2n) is 5.68. The molecule has 24 heavy (non-hydrogen) atoms. The molecule has 0 fully saturated rings. The van der Waals surface area contributed by atoms with Crippen molar-refractivity contribution in [3.8, 4) is 0 Å². The summed E-state index contributed by atoms with van der Waals surface area (Å²) in [5.74, 6) is -0.104. The van der Waals surface area contributed by atoms with Gasteiger partial charge in [-0.05, 0) is 42.7 Å². The molecule has 1 N–H and O–H groups in total. The zero-order valence-corrected chi connectivity index (χ0v) is 15.9. The van der Waals surface area contributed by atoms with Crippen LogP contribution in [0.15, 0.2) is 35.2 Å². The number of carbonyl (C=O) groups excluding carboxylic acids is 1. The maximum absolute atomic E-state index is 12.2. The fourth-order valence-electron chi connectivity index (χ4n) is 2.24. The molecule has 0 spiro atoms. The van der Waals surface area contributed by atoms with Crippen LogP contribution in [0.3, 0.4) is 0 Å². The van der Waals surface area contributed by atoms with Crippen LogP contribution in [0, 0.1) is 6.92 Å². The van der Waals surface area contributed by atoms with E-state index >= 15 is 0 Å². The number of benzene rings is 1. The van der Waals surface area contributed by atoms with Crippen LogP contribution in [0.2, 0.25) is 0 Å². The molecule has 2 rings (SSSR count). The van der Waals surface area contributed by atoms with Crippen molar-refractivity contribution < 1.29 is 13.2 Å². The van der Waals surface area contributed by atoms with E-state index in [-0.39, 0.29) is 10.8 Å². The molecule has 130 valence electrons. The highest BCUT2D eigenvalue weighted by molar-refractivity contribution is 7.89. The molecule has 0 aliphatic carbocycles. The van der Waals surface area contributed by atoms with Crippen LogP contribution in [0.25, 0.3) is 0 Å². The van der Waals surface area contributed by atoms with Crippen LogP contribution in [0.4, 0.5) is 0 Å². The molecule has 0 saturated carbocycles. The van der Waals surface area contributed by atoms with Gasteiger partial charge in [0, 0.05) is 25.5 Å². The first-order valence-corrected chi connectivity index (χ1v) is 9.90. The lowest BCUT2D eigenvalue weighted by Gasteiger charge is -2.11. The van der Waals surface area contributed by atoms with Gasteiger partial charge in [-0.25, -0.2) is 12.7 Å². The summed E-state index contributed by atoms with van der Waals surface area (Å²) in [6, 6.07) is 8.45. The van der Waals surface area contributed by atoms with Crippen molar-refractivity contribution in [1.29, 1.82) is 0 Å². The first kappa shape index (κ1) is 18.6. The van der Waals surface area contributed by atoms with Crippen molar-refractivity contribution in [2.24, 2.45) is 0 Å². The summed E-state index contributed by atoms with van der Waals surface area (Å²) in [6.45, 7) is 4.44. The van der Waals surface area contributed by atoms with Crippen molar-refractivity contribution in [1.82, 2.24) is 9.62 Å². The van der Waals surface area contributed by atoms with E-state index < -0.39 is 10.0 Å². The Balaban J connectivity index is 2.03. The molecule has 1 aromatic carbocycles. The van der Waals surface area contributed by atoms with E-state index in [0.717, 1.165) is 17.5 Å². The fraction of sp³-hybridized carbons (Fsp3) is 0.353. The molecule has 1 aromatic heterocycles. The Morgan fingerprint density at radius 1 is 1.21 bits per heavy atom. The van der Waals surface area contributed by atoms with Gasteiger partial charge in [0.2, 0.25) is 10.0 Å². The van der Waals surface area contributed by atoms with Gasteiger partial charge in [-0.15, -0.1) is 11.3 Å². The number of amides is 1.